The van der Waals surface area contributed by atoms with Crippen molar-refractivity contribution in [2.75, 3.05) is 19.6 Å². The number of para-hydroxylation sites is 1. The van der Waals surface area contributed by atoms with E-state index in [4.69, 9.17) is 4.74 Å². The van der Waals surface area contributed by atoms with Crippen molar-refractivity contribution < 1.29 is 54.1 Å². The van der Waals surface area contributed by atoms with Crippen molar-refractivity contribution in [3.8, 4) is 11.5 Å². The summed E-state index contributed by atoms with van der Waals surface area (Å²) in [4.78, 5) is 76.2. The molecule has 1 aliphatic heterocycles. The van der Waals surface area contributed by atoms with Crippen LogP contribution in [0.2, 0.25) is 0 Å². The number of phenols is 2. The number of ether oxygens (including phenoxy) is 1. The summed E-state index contributed by atoms with van der Waals surface area (Å²) in [6, 6.07) is 1.64. The zero-order valence-corrected chi connectivity index (χ0v) is 34.0. The third-order valence-corrected chi connectivity index (χ3v) is 9.97. The van der Waals surface area contributed by atoms with Crippen molar-refractivity contribution in [2.45, 2.75) is 167 Å². The highest BCUT2D eigenvalue weighted by Crippen LogP contribution is 2.28. The molecule has 57 heavy (non-hydrogen) atoms. The summed E-state index contributed by atoms with van der Waals surface area (Å²) in [7, 11) is 0. The Kier molecular flexibility index (Phi) is 24.0. The molecule has 0 bridgehead atoms. The molecule has 322 valence electrons. The highest BCUT2D eigenvalue weighted by Gasteiger charge is 2.29. The normalized spacial score (nSPS) is 15.3. The first-order valence-electron chi connectivity index (χ1n) is 20.9. The monoisotopic (exact) mass is 805 g/mol. The Morgan fingerprint density at radius 1 is 0.877 bits per heavy atom. The standard InChI is InChI=1S/C41H67N5O11/c1-3-4-5-6-7-8-9-10-11-12-13-14-15-25-37(50)45(55)26-18-17-23-33(44-36(49)29-42-39(52)31-21-20-24-34(47)38(31)51)41(54)57-30(2)28-35(48)43-32-22-16-19-27-46(56)40(32)53/h20-21,24,30,32-33,47,51,55-56H,3-19,22-23,25-29H2,1-2H3,(H,42,52)(H,43,48)(H,44,49)/t30-,32-,33-/m0/s1. The Balaban J connectivity index is 1.82. The number of carbonyl (C=O) groups excluding carboxylic acids is 6. The average Bonchev–Trinajstić information content (AvgIpc) is 3.33. The molecule has 0 saturated carbocycles. The number of hydrogen-bond acceptors (Lipinski definition) is 11. The van der Waals surface area contributed by atoms with Crippen LogP contribution in [-0.4, -0.2) is 104 Å². The third-order valence-electron chi connectivity index (χ3n) is 9.97. The van der Waals surface area contributed by atoms with E-state index in [-0.39, 0.29) is 50.2 Å². The molecule has 7 N–H and O–H groups in total. The Labute approximate surface area is 337 Å². The van der Waals surface area contributed by atoms with Gasteiger partial charge < -0.3 is 30.9 Å². The quantitative estimate of drug-likeness (QED) is 0.0186. The van der Waals surface area contributed by atoms with Crippen LogP contribution in [0.3, 0.4) is 0 Å². The Morgan fingerprint density at radius 3 is 2.16 bits per heavy atom. The molecule has 16 nitrogen and oxygen atoms in total. The summed E-state index contributed by atoms with van der Waals surface area (Å²) in [6.45, 7) is 3.28. The molecule has 1 heterocycles. The molecule has 1 aromatic carbocycles. The Bertz CT molecular complexity index is 1410. The van der Waals surface area contributed by atoms with E-state index >= 15 is 0 Å². The fraction of sp³-hybridized carbons (Fsp3) is 0.707. The van der Waals surface area contributed by atoms with Crippen LogP contribution in [0.15, 0.2) is 18.2 Å². The average molecular weight is 806 g/mol. The highest BCUT2D eigenvalue weighted by atomic mass is 16.5. The topological polar surface area (TPSA) is 235 Å². The molecule has 0 aromatic heterocycles. The van der Waals surface area contributed by atoms with Crippen LogP contribution >= 0.6 is 0 Å². The minimum Gasteiger partial charge on any atom is -0.504 e. The summed E-state index contributed by atoms with van der Waals surface area (Å²) in [5.74, 6) is -5.25. The minimum atomic E-state index is -1.23. The second kappa shape index (κ2) is 28.0. The lowest BCUT2D eigenvalue weighted by Gasteiger charge is -2.22. The molecule has 2 rings (SSSR count). The lowest BCUT2D eigenvalue weighted by molar-refractivity contribution is -0.167. The lowest BCUT2D eigenvalue weighted by Crippen LogP contribution is -2.48. The van der Waals surface area contributed by atoms with Crippen LogP contribution in [0.25, 0.3) is 0 Å². The number of aromatic hydroxyl groups is 2. The highest BCUT2D eigenvalue weighted by molar-refractivity contribution is 5.99. The number of hydroxylamine groups is 4. The van der Waals surface area contributed by atoms with Crippen molar-refractivity contribution in [2.24, 2.45) is 0 Å². The van der Waals surface area contributed by atoms with Gasteiger partial charge in [0.1, 0.15) is 18.2 Å². The van der Waals surface area contributed by atoms with Crippen LogP contribution in [0.5, 0.6) is 11.5 Å². The fourth-order valence-electron chi connectivity index (χ4n) is 6.62. The summed E-state index contributed by atoms with van der Waals surface area (Å²) in [5.41, 5.74) is -0.264. The van der Waals surface area contributed by atoms with E-state index < -0.39 is 65.8 Å². The summed E-state index contributed by atoms with van der Waals surface area (Å²) >= 11 is 0. The number of esters is 1. The van der Waals surface area contributed by atoms with Gasteiger partial charge in [0.2, 0.25) is 17.7 Å². The number of nitrogens with one attached hydrogen (secondary N) is 3. The van der Waals surface area contributed by atoms with Crippen LogP contribution in [0.4, 0.5) is 0 Å². The van der Waals surface area contributed by atoms with E-state index in [1.54, 1.807) is 0 Å². The van der Waals surface area contributed by atoms with Gasteiger partial charge in [-0.25, -0.2) is 14.9 Å². The molecular formula is C41H67N5O11. The molecule has 0 spiro atoms. The molecular weight excluding hydrogens is 738 g/mol. The largest absolute Gasteiger partial charge is 0.504 e. The van der Waals surface area contributed by atoms with Gasteiger partial charge in [-0.05, 0) is 64.0 Å². The van der Waals surface area contributed by atoms with E-state index in [1.807, 2.05) is 0 Å². The summed E-state index contributed by atoms with van der Waals surface area (Å²) in [6.07, 6.45) is 16.5. The van der Waals surface area contributed by atoms with Gasteiger partial charge in [0, 0.05) is 19.5 Å². The van der Waals surface area contributed by atoms with Gasteiger partial charge in [0.25, 0.3) is 11.8 Å². The maximum Gasteiger partial charge on any atom is 0.328 e. The fourth-order valence-corrected chi connectivity index (χ4v) is 6.62. The number of phenolic OH excluding ortho intramolecular Hbond substituents is 2. The Hall–Kier alpha value is -4.44. The third kappa shape index (κ3) is 20.0. The molecule has 5 amide bonds. The van der Waals surface area contributed by atoms with Crippen LogP contribution in [0, 0.1) is 0 Å². The molecule has 1 fully saturated rings. The molecule has 0 unspecified atom stereocenters. The maximum absolute atomic E-state index is 13.3. The number of hydrogen-bond donors (Lipinski definition) is 7. The molecule has 16 heteroatoms. The van der Waals surface area contributed by atoms with E-state index in [0.29, 0.717) is 42.2 Å². The SMILES string of the molecule is CCCCCCCCCCCCCCCC(=O)N(O)CCCC[C@H](NC(=O)CNC(=O)c1cccc(O)c1O)C(=O)O[C@@H](C)CC(=O)N[C@H]1CCCCN(O)C1=O. The van der Waals surface area contributed by atoms with Gasteiger partial charge >= 0.3 is 5.97 Å². The van der Waals surface area contributed by atoms with Crippen LogP contribution in [0.1, 0.15) is 159 Å². The number of amides is 5. The van der Waals surface area contributed by atoms with Gasteiger partial charge in [-0.15, -0.1) is 0 Å². The van der Waals surface area contributed by atoms with Crippen LogP contribution in [-0.2, 0) is 28.7 Å². The minimum absolute atomic E-state index is 0.0121. The number of carbonyl (C=O) groups is 6. The van der Waals surface area contributed by atoms with E-state index in [1.165, 1.54) is 82.9 Å². The first-order valence-corrected chi connectivity index (χ1v) is 20.9. The van der Waals surface area contributed by atoms with Crippen molar-refractivity contribution in [3.63, 3.8) is 0 Å². The second-order valence-corrected chi connectivity index (χ2v) is 15.0. The second-order valence-electron chi connectivity index (χ2n) is 15.0. The molecule has 3 atom stereocenters. The number of unbranched alkanes of at least 4 members (excludes halogenated alkanes) is 13. The summed E-state index contributed by atoms with van der Waals surface area (Å²) < 4.78 is 5.48. The first-order chi connectivity index (χ1) is 27.3. The van der Waals surface area contributed by atoms with Crippen molar-refractivity contribution in [1.29, 1.82) is 0 Å². The number of benzene rings is 1. The van der Waals surface area contributed by atoms with E-state index in [9.17, 15) is 49.4 Å². The van der Waals surface area contributed by atoms with Gasteiger partial charge in [0.05, 0.1) is 18.5 Å². The van der Waals surface area contributed by atoms with Gasteiger partial charge in [-0.2, -0.15) is 0 Å². The van der Waals surface area contributed by atoms with E-state index in [0.717, 1.165) is 19.3 Å². The van der Waals surface area contributed by atoms with Gasteiger partial charge in [-0.3, -0.25) is 34.4 Å². The van der Waals surface area contributed by atoms with Crippen LogP contribution < -0.4 is 16.0 Å². The van der Waals surface area contributed by atoms with Gasteiger partial charge in [-0.1, -0.05) is 90.0 Å². The van der Waals surface area contributed by atoms with Crippen molar-refractivity contribution >= 4 is 35.5 Å². The van der Waals surface area contributed by atoms with Crippen molar-refractivity contribution in [3.05, 3.63) is 23.8 Å². The van der Waals surface area contributed by atoms with Crippen molar-refractivity contribution in [1.82, 2.24) is 26.1 Å². The lowest BCUT2D eigenvalue weighted by atomic mass is 10.0. The molecule has 1 aliphatic rings. The molecule has 0 radical (unpaired) electrons. The number of rotatable bonds is 28. The van der Waals surface area contributed by atoms with E-state index in [2.05, 4.69) is 22.9 Å². The Morgan fingerprint density at radius 2 is 1.51 bits per heavy atom. The predicted octanol–water partition coefficient (Wildman–Crippen LogP) is 5.39. The zero-order valence-electron chi connectivity index (χ0n) is 34.0. The predicted molar refractivity (Wildman–Crippen MR) is 211 cm³/mol. The smallest absolute Gasteiger partial charge is 0.328 e. The van der Waals surface area contributed by atoms with Gasteiger partial charge in [0.15, 0.2) is 11.5 Å². The molecule has 1 saturated heterocycles. The summed E-state index contributed by atoms with van der Waals surface area (Å²) in [5, 5.41) is 48.5. The molecule has 1 aromatic rings. The zero-order chi connectivity index (χ0) is 42.0. The first kappa shape index (κ1) is 48.7. The maximum atomic E-state index is 13.3. The molecule has 0 aliphatic carbocycles. The number of nitrogens with zero attached hydrogens (tertiary/aromatic N) is 2.